The van der Waals surface area contributed by atoms with Gasteiger partial charge in [0.25, 0.3) is 0 Å². The lowest BCUT2D eigenvalue weighted by atomic mass is 10.1. The van der Waals surface area contributed by atoms with Gasteiger partial charge in [0.05, 0.1) is 12.2 Å². The molecule has 112 valence electrons. The summed E-state index contributed by atoms with van der Waals surface area (Å²) >= 11 is 1.16. The molecule has 2 aromatic rings. The van der Waals surface area contributed by atoms with E-state index in [1.807, 2.05) is 32.0 Å². The average molecular weight is 306 g/mol. The van der Waals surface area contributed by atoms with Gasteiger partial charge in [-0.3, -0.25) is 0 Å². The van der Waals surface area contributed by atoms with Crippen molar-refractivity contribution in [3.05, 3.63) is 45.4 Å². The minimum Gasteiger partial charge on any atom is -0.507 e. The third-order valence-corrected chi connectivity index (χ3v) is 4.46. The van der Waals surface area contributed by atoms with E-state index in [2.05, 4.69) is 10.3 Å². The zero-order chi connectivity index (χ0) is 15.4. The Hall–Kier alpha value is -1.92. The van der Waals surface area contributed by atoms with Crippen molar-refractivity contribution < 1.29 is 15.0 Å². The monoisotopic (exact) mass is 306 g/mol. The molecule has 21 heavy (non-hydrogen) atoms. The van der Waals surface area contributed by atoms with Gasteiger partial charge < -0.3 is 15.5 Å². The summed E-state index contributed by atoms with van der Waals surface area (Å²) in [4.78, 5) is 15.2. The molecule has 1 aromatic heterocycles. The lowest BCUT2D eigenvalue weighted by molar-refractivity contribution is 0.0702. The van der Waals surface area contributed by atoms with Crippen LogP contribution in [0.2, 0.25) is 0 Å². The van der Waals surface area contributed by atoms with E-state index in [1.54, 1.807) is 0 Å². The number of carbonyl (C=O) groups is 1. The molecule has 0 saturated heterocycles. The Morgan fingerprint density at radius 1 is 1.43 bits per heavy atom. The highest BCUT2D eigenvalue weighted by atomic mass is 32.1. The first-order chi connectivity index (χ1) is 10.0. The van der Waals surface area contributed by atoms with Crippen LogP contribution in [0.4, 0.5) is 0 Å². The molecule has 0 fully saturated rings. The minimum absolute atomic E-state index is 0.0761. The average Bonchev–Trinajstić information content (AvgIpc) is 2.96. The number of aromatic nitrogens is 1. The maximum Gasteiger partial charge on any atom is 0.347 e. The number of carboxylic acids is 1. The van der Waals surface area contributed by atoms with E-state index in [0.717, 1.165) is 33.9 Å². The van der Waals surface area contributed by atoms with Crippen LogP contribution in [0.5, 0.6) is 5.75 Å². The Bertz CT molecular complexity index is 640. The van der Waals surface area contributed by atoms with Gasteiger partial charge in [0.2, 0.25) is 0 Å². The molecule has 0 aliphatic carbocycles. The lowest BCUT2D eigenvalue weighted by Crippen LogP contribution is -2.18. The number of aryl methyl sites for hydroxylation is 1. The minimum atomic E-state index is -0.959. The van der Waals surface area contributed by atoms with Crippen molar-refractivity contribution in [2.75, 3.05) is 0 Å². The fourth-order valence-corrected chi connectivity index (χ4v) is 2.79. The molecular weight excluding hydrogens is 288 g/mol. The van der Waals surface area contributed by atoms with E-state index < -0.39 is 5.97 Å². The number of carboxylic acid groups (broad SMARTS) is 1. The maximum atomic E-state index is 10.8. The topological polar surface area (TPSA) is 82.5 Å². The number of para-hydroxylation sites is 1. The van der Waals surface area contributed by atoms with Crippen molar-refractivity contribution in [1.82, 2.24) is 10.3 Å². The number of nitrogens with zero attached hydrogens (tertiary/aromatic N) is 1. The second-order valence-corrected chi connectivity index (χ2v) is 5.81. The van der Waals surface area contributed by atoms with Gasteiger partial charge in [-0.1, -0.05) is 25.1 Å². The summed E-state index contributed by atoms with van der Waals surface area (Å²) < 4.78 is 0. The molecule has 0 amide bonds. The van der Waals surface area contributed by atoms with Crippen molar-refractivity contribution >= 4 is 17.3 Å². The van der Waals surface area contributed by atoms with Crippen LogP contribution in [0, 0.1) is 0 Å². The van der Waals surface area contributed by atoms with Crippen molar-refractivity contribution in [3.8, 4) is 5.75 Å². The molecule has 0 aliphatic rings. The van der Waals surface area contributed by atoms with Crippen LogP contribution in [0.15, 0.2) is 24.4 Å². The highest BCUT2D eigenvalue weighted by Crippen LogP contribution is 2.24. The van der Waals surface area contributed by atoms with Gasteiger partial charge in [0.1, 0.15) is 15.6 Å². The van der Waals surface area contributed by atoms with Crippen molar-refractivity contribution in [2.24, 2.45) is 0 Å². The number of phenolic OH excluding ortho intramolecular Hbond substituents is 1. The normalized spacial score (nSPS) is 12.3. The number of hydrogen-bond donors (Lipinski definition) is 3. The van der Waals surface area contributed by atoms with Gasteiger partial charge in [-0.25, -0.2) is 9.78 Å². The highest BCUT2D eigenvalue weighted by molar-refractivity contribution is 7.13. The first kappa shape index (κ1) is 15.5. The zero-order valence-corrected chi connectivity index (χ0v) is 12.8. The van der Waals surface area contributed by atoms with E-state index >= 15 is 0 Å². The third-order valence-electron chi connectivity index (χ3n) is 3.29. The lowest BCUT2D eigenvalue weighted by Gasteiger charge is -2.13. The van der Waals surface area contributed by atoms with Crippen molar-refractivity contribution in [1.29, 1.82) is 0 Å². The first-order valence-corrected chi connectivity index (χ1v) is 7.56. The van der Waals surface area contributed by atoms with Crippen LogP contribution in [-0.4, -0.2) is 21.2 Å². The summed E-state index contributed by atoms with van der Waals surface area (Å²) in [5.41, 5.74) is 1.75. The van der Waals surface area contributed by atoms with Crippen LogP contribution >= 0.6 is 11.3 Å². The summed E-state index contributed by atoms with van der Waals surface area (Å²) in [6.45, 7) is 4.42. The largest absolute Gasteiger partial charge is 0.507 e. The summed E-state index contributed by atoms with van der Waals surface area (Å²) in [7, 11) is 0. The Balaban J connectivity index is 2.03. The smallest absolute Gasteiger partial charge is 0.347 e. The number of aromatic carboxylic acids is 1. The van der Waals surface area contributed by atoms with Crippen molar-refractivity contribution in [3.63, 3.8) is 0 Å². The molecule has 5 nitrogen and oxygen atoms in total. The summed E-state index contributed by atoms with van der Waals surface area (Å²) in [5.74, 6) is -0.635. The Labute approximate surface area is 127 Å². The number of hydrogen-bond acceptors (Lipinski definition) is 5. The molecule has 0 radical (unpaired) electrons. The number of thiazole rings is 1. The summed E-state index contributed by atoms with van der Waals surface area (Å²) in [6, 6.07) is 5.63. The third kappa shape index (κ3) is 3.59. The number of rotatable bonds is 6. The quantitative estimate of drug-likeness (QED) is 0.764. The van der Waals surface area contributed by atoms with Gasteiger partial charge in [0, 0.05) is 12.1 Å². The molecule has 1 unspecified atom stereocenters. The second kappa shape index (κ2) is 6.69. The predicted octanol–water partition coefficient (Wildman–Crippen LogP) is 2.96. The molecule has 0 bridgehead atoms. The molecule has 2 rings (SSSR count). The van der Waals surface area contributed by atoms with E-state index in [9.17, 15) is 9.90 Å². The standard InChI is InChI=1S/C15H18N2O3S/c1-3-10-5-4-6-11(13(10)18)7-16-9(2)14-17-8-12(21-14)15(19)20/h4-6,8-9,16,18H,3,7H2,1-2H3,(H,19,20). The number of nitrogens with one attached hydrogen (secondary N) is 1. The highest BCUT2D eigenvalue weighted by Gasteiger charge is 2.14. The number of aromatic hydroxyl groups is 1. The fraction of sp³-hybridized carbons (Fsp3) is 0.333. The molecule has 0 aliphatic heterocycles. The van der Waals surface area contributed by atoms with Gasteiger partial charge in [-0.2, -0.15) is 0 Å². The van der Waals surface area contributed by atoms with Crippen LogP contribution < -0.4 is 5.32 Å². The Morgan fingerprint density at radius 2 is 2.14 bits per heavy atom. The van der Waals surface area contributed by atoms with E-state index in [-0.39, 0.29) is 10.9 Å². The van der Waals surface area contributed by atoms with E-state index in [4.69, 9.17) is 5.11 Å². The molecule has 0 spiro atoms. The second-order valence-electron chi connectivity index (χ2n) is 4.75. The Morgan fingerprint density at radius 3 is 2.76 bits per heavy atom. The SMILES string of the molecule is CCc1cccc(CNC(C)c2ncc(C(=O)O)s2)c1O. The van der Waals surface area contributed by atoms with Crippen molar-refractivity contribution in [2.45, 2.75) is 32.9 Å². The van der Waals surface area contributed by atoms with Crippen LogP contribution in [0.3, 0.4) is 0 Å². The number of benzene rings is 1. The molecule has 3 N–H and O–H groups in total. The van der Waals surface area contributed by atoms with Gasteiger partial charge >= 0.3 is 5.97 Å². The predicted molar refractivity (Wildman–Crippen MR) is 81.8 cm³/mol. The molecule has 0 saturated carbocycles. The Kier molecular flexibility index (Phi) is 4.93. The van der Waals surface area contributed by atoms with Gasteiger partial charge in [-0.15, -0.1) is 11.3 Å². The molecule has 1 heterocycles. The summed E-state index contributed by atoms with van der Waals surface area (Å²) in [6.07, 6.45) is 2.15. The van der Waals surface area contributed by atoms with E-state index in [0.29, 0.717) is 12.3 Å². The molecule has 6 heteroatoms. The summed E-state index contributed by atoms with van der Waals surface area (Å²) in [5, 5.41) is 23.0. The van der Waals surface area contributed by atoms with Gasteiger partial charge in [-0.05, 0) is 18.9 Å². The molecule has 1 aromatic carbocycles. The number of phenols is 1. The molecule has 1 atom stereocenters. The molecular formula is C15H18N2O3S. The first-order valence-electron chi connectivity index (χ1n) is 6.75. The fourth-order valence-electron chi connectivity index (χ4n) is 2.01. The van der Waals surface area contributed by atoms with Gasteiger partial charge in [0.15, 0.2) is 0 Å². The zero-order valence-electron chi connectivity index (χ0n) is 12.0. The van der Waals surface area contributed by atoms with Crippen LogP contribution in [0.1, 0.15) is 45.7 Å². The van der Waals surface area contributed by atoms with Crippen LogP contribution in [0.25, 0.3) is 0 Å². The van der Waals surface area contributed by atoms with Crippen LogP contribution in [-0.2, 0) is 13.0 Å². The maximum absolute atomic E-state index is 10.8. The van der Waals surface area contributed by atoms with E-state index in [1.165, 1.54) is 6.20 Å².